The van der Waals surface area contributed by atoms with Crippen LogP contribution in [0, 0.1) is 0 Å². The fourth-order valence-electron chi connectivity index (χ4n) is 5.38. The number of allylic oxidation sites excluding steroid dienone is 1. The Balaban J connectivity index is 1.42. The topological polar surface area (TPSA) is 62.2 Å². The molecule has 2 unspecified atom stereocenters. The molecule has 0 saturated carbocycles. The fourth-order valence-corrected chi connectivity index (χ4v) is 5.38. The zero-order valence-electron chi connectivity index (χ0n) is 20.6. The van der Waals surface area contributed by atoms with Gasteiger partial charge in [0, 0.05) is 23.2 Å². The lowest BCUT2D eigenvalue weighted by Crippen LogP contribution is -2.39. The SMILES string of the molecule is CC1=C(c2cccc(O)c2)C(c2ccc(OCC(C)N3CCC[C@@H]3C)cc2)Oc2ccc(O)cc21. The number of ether oxygens (including phenoxy) is 2. The van der Waals surface area contributed by atoms with Gasteiger partial charge in [0.15, 0.2) is 0 Å². The van der Waals surface area contributed by atoms with Crippen LogP contribution in [0.1, 0.15) is 56.4 Å². The molecule has 5 heteroatoms. The predicted molar refractivity (Wildman–Crippen MR) is 139 cm³/mol. The molecule has 5 rings (SSSR count). The second-order valence-electron chi connectivity index (χ2n) is 9.73. The lowest BCUT2D eigenvalue weighted by Gasteiger charge is -2.31. The van der Waals surface area contributed by atoms with Gasteiger partial charge in [0.1, 0.15) is 35.7 Å². The zero-order valence-corrected chi connectivity index (χ0v) is 20.6. The van der Waals surface area contributed by atoms with E-state index in [1.165, 1.54) is 12.8 Å². The van der Waals surface area contributed by atoms with E-state index in [0.717, 1.165) is 45.9 Å². The van der Waals surface area contributed by atoms with E-state index < -0.39 is 0 Å². The minimum Gasteiger partial charge on any atom is -0.508 e. The molecule has 0 aliphatic carbocycles. The highest BCUT2D eigenvalue weighted by Gasteiger charge is 2.30. The van der Waals surface area contributed by atoms with Gasteiger partial charge in [-0.25, -0.2) is 0 Å². The Morgan fingerprint density at radius 3 is 2.51 bits per heavy atom. The first kappa shape index (κ1) is 23.3. The van der Waals surface area contributed by atoms with Crippen molar-refractivity contribution in [3.63, 3.8) is 0 Å². The van der Waals surface area contributed by atoms with E-state index in [0.29, 0.717) is 18.7 Å². The van der Waals surface area contributed by atoms with Gasteiger partial charge >= 0.3 is 0 Å². The van der Waals surface area contributed by atoms with Gasteiger partial charge in [0.2, 0.25) is 0 Å². The van der Waals surface area contributed by atoms with Crippen molar-refractivity contribution in [2.24, 2.45) is 0 Å². The highest BCUT2D eigenvalue weighted by atomic mass is 16.5. The molecular weight excluding hydrogens is 438 g/mol. The highest BCUT2D eigenvalue weighted by Crippen LogP contribution is 2.47. The monoisotopic (exact) mass is 471 g/mol. The molecule has 2 aliphatic heterocycles. The molecule has 0 radical (unpaired) electrons. The molecule has 35 heavy (non-hydrogen) atoms. The van der Waals surface area contributed by atoms with Crippen LogP contribution in [0.5, 0.6) is 23.0 Å². The molecule has 3 aromatic carbocycles. The molecule has 1 saturated heterocycles. The maximum absolute atomic E-state index is 10.1. The first-order chi connectivity index (χ1) is 16.9. The molecule has 2 aliphatic rings. The summed E-state index contributed by atoms with van der Waals surface area (Å²) in [5.74, 6) is 1.96. The van der Waals surface area contributed by atoms with Gasteiger partial charge in [-0.2, -0.15) is 0 Å². The van der Waals surface area contributed by atoms with Crippen LogP contribution < -0.4 is 9.47 Å². The van der Waals surface area contributed by atoms with Crippen LogP contribution in [0.3, 0.4) is 0 Å². The van der Waals surface area contributed by atoms with E-state index >= 15 is 0 Å². The standard InChI is InChI=1S/C30H33NO4/c1-19-6-5-15-31(19)20(2)18-34-26-12-9-22(10-13-26)30-29(23-7-4-8-24(32)16-23)21(3)27-17-25(33)11-14-28(27)35-30/h4,7-14,16-17,19-20,30,32-33H,5-6,15,18H2,1-3H3/t19-,20?,30?/m0/s1. The van der Waals surface area contributed by atoms with Crippen LogP contribution in [0.15, 0.2) is 66.7 Å². The van der Waals surface area contributed by atoms with Crippen LogP contribution in [0.4, 0.5) is 0 Å². The van der Waals surface area contributed by atoms with Crippen LogP contribution in [0.25, 0.3) is 11.1 Å². The van der Waals surface area contributed by atoms with Crippen LogP contribution in [0.2, 0.25) is 0 Å². The molecule has 0 bridgehead atoms. The number of hydrogen-bond acceptors (Lipinski definition) is 5. The van der Waals surface area contributed by atoms with E-state index in [-0.39, 0.29) is 17.6 Å². The zero-order chi connectivity index (χ0) is 24.5. The molecule has 2 heterocycles. The van der Waals surface area contributed by atoms with Gasteiger partial charge in [-0.3, -0.25) is 4.90 Å². The van der Waals surface area contributed by atoms with Crippen LogP contribution in [-0.2, 0) is 0 Å². The van der Waals surface area contributed by atoms with Gasteiger partial charge in [0.25, 0.3) is 0 Å². The number of aromatic hydroxyl groups is 2. The molecule has 5 nitrogen and oxygen atoms in total. The lowest BCUT2D eigenvalue weighted by atomic mass is 9.86. The summed E-state index contributed by atoms with van der Waals surface area (Å²) in [6.07, 6.45) is 2.17. The second kappa shape index (κ2) is 9.67. The third kappa shape index (κ3) is 4.73. The highest BCUT2D eigenvalue weighted by molar-refractivity contribution is 5.95. The minimum atomic E-state index is -0.354. The van der Waals surface area contributed by atoms with Crippen molar-refractivity contribution >= 4 is 11.1 Å². The Bertz CT molecular complexity index is 1230. The number of benzene rings is 3. The van der Waals surface area contributed by atoms with Crippen molar-refractivity contribution in [1.82, 2.24) is 4.90 Å². The molecule has 3 atom stereocenters. The summed E-state index contributed by atoms with van der Waals surface area (Å²) in [5.41, 5.74) is 4.70. The third-order valence-electron chi connectivity index (χ3n) is 7.28. The summed E-state index contributed by atoms with van der Waals surface area (Å²) in [5, 5.41) is 20.2. The number of nitrogens with zero attached hydrogens (tertiary/aromatic N) is 1. The van der Waals surface area contributed by atoms with Gasteiger partial charge in [-0.1, -0.05) is 24.3 Å². The molecule has 2 N–H and O–H groups in total. The average Bonchev–Trinajstić information content (AvgIpc) is 3.29. The Morgan fingerprint density at radius 1 is 1.03 bits per heavy atom. The molecule has 0 amide bonds. The second-order valence-corrected chi connectivity index (χ2v) is 9.73. The summed E-state index contributed by atoms with van der Waals surface area (Å²) in [6.45, 7) is 8.36. The Labute approximate surface area is 207 Å². The summed E-state index contributed by atoms with van der Waals surface area (Å²) in [4.78, 5) is 2.52. The Hall–Kier alpha value is -3.44. The van der Waals surface area contributed by atoms with Crippen molar-refractivity contribution in [3.8, 4) is 23.0 Å². The molecule has 3 aromatic rings. The molecule has 0 spiro atoms. The van der Waals surface area contributed by atoms with Gasteiger partial charge in [0.05, 0.1) is 0 Å². The number of hydrogen-bond donors (Lipinski definition) is 2. The minimum absolute atomic E-state index is 0.194. The number of phenols is 2. The van der Waals surface area contributed by atoms with E-state index in [4.69, 9.17) is 9.47 Å². The summed E-state index contributed by atoms with van der Waals surface area (Å²) >= 11 is 0. The summed E-state index contributed by atoms with van der Waals surface area (Å²) in [6, 6.07) is 21.5. The molecule has 1 fully saturated rings. The summed E-state index contributed by atoms with van der Waals surface area (Å²) in [7, 11) is 0. The first-order valence-electron chi connectivity index (χ1n) is 12.4. The van der Waals surface area contributed by atoms with Crippen molar-refractivity contribution in [1.29, 1.82) is 0 Å². The number of likely N-dealkylation sites (tertiary alicyclic amines) is 1. The number of rotatable bonds is 6. The molecule has 0 aromatic heterocycles. The van der Waals surface area contributed by atoms with Crippen LogP contribution >= 0.6 is 0 Å². The molecular formula is C30H33NO4. The summed E-state index contributed by atoms with van der Waals surface area (Å²) < 4.78 is 12.6. The Morgan fingerprint density at radius 2 is 1.80 bits per heavy atom. The smallest absolute Gasteiger partial charge is 0.150 e. The lowest BCUT2D eigenvalue weighted by molar-refractivity contribution is 0.141. The number of phenolic OH excluding ortho intramolecular Hbond substituents is 2. The van der Waals surface area contributed by atoms with Crippen molar-refractivity contribution in [3.05, 3.63) is 83.4 Å². The Kier molecular flexibility index (Phi) is 6.44. The van der Waals surface area contributed by atoms with Crippen molar-refractivity contribution < 1.29 is 19.7 Å². The first-order valence-corrected chi connectivity index (χ1v) is 12.4. The van der Waals surface area contributed by atoms with Crippen LogP contribution in [-0.4, -0.2) is 40.3 Å². The normalized spacial score (nSPS) is 20.9. The van der Waals surface area contributed by atoms with Gasteiger partial charge in [-0.05, 0) is 99.3 Å². The van der Waals surface area contributed by atoms with E-state index in [2.05, 4.69) is 18.7 Å². The van der Waals surface area contributed by atoms with E-state index in [9.17, 15) is 10.2 Å². The van der Waals surface area contributed by atoms with E-state index in [1.54, 1.807) is 30.3 Å². The van der Waals surface area contributed by atoms with Gasteiger partial charge < -0.3 is 19.7 Å². The van der Waals surface area contributed by atoms with Crippen molar-refractivity contribution in [2.75, 3.05) is 13.2 Å². The van der Waals surface area contributed by atoms with Crippen molar-refractivity contribution in [2.45, 2.75) is 51.8 Å². The van der Waals surface area contributed by atoms with E-state index in [1.807, 2.05) is 43.3 Å². The number of fused-ring (bicyclic) bond motifs is 1. The predicted octanol–water partition coefficient (Wildman–Crippen LogP) is 6.41. The van der Waals surface area contributed by atoms with Gasteiger partial charge in [-0.15, -0.1) is 0 Å². The maximum atomic E-state index is 10.1. The fraction of sp³-hybridized carbons (Fsp3) is 0.333. The largest absolute Gasteiger partial charge is 0.508 e. The third-order valence-corrected chi connectivity index (χ3v) is 7.28. The maximum Gasteiger partial charge on any atom is 0.150 e. The average molecular weight is 472 g/mol. The molecule has 182 valence electrons. The quantitative estimate of drug-likeness (QED) is 0.435.